The molecule has 1 aromatic heterocycles. The summed E-state index contributed by atoms with van der Waals surface area (Å²) < 4.78 is 16.4. The summed E-state index contributed by atoms with van der Waals surface area (Å²) in [5.41, 5.74) is 3.63. The third-order valence-corrected chi connectivity index (χ3v) is 5.87. The molecule has 2 aromatic carbocycles. The van der Waals surface area contributed by atoms with Gasteiger partial charge in [-0.15, -0.1) is 0 Å². The van der Waals surface area contributed by atoms with Gasteiger partial charge in [-0.25, -0.2) is 4.79 Å². The van der Waals surface area contributed by atoms with E-state index < -0.39 is 18.1 Å². The van der Waals surface area contributed by atoms with Crippen molar-refractivity contribution >= 4 is 12.0 Å². The summed E-state index contributed by atoms with van der Waals surface area (Å²) in [7, 11) is 0. The second kappa shape index (κ2) is 12.7. The van der Waals surface area contributed by atoms with Gasteiger partial charge in [0.25, 0.3) is 5.91 Å². The zero-order valence-electron chi connectivity index (χ0n) is 20.7. The Morgan fingerprint density at radius 2 is 1.70 bits per heavy atom. The number of benzene rings is 2. The van der Waals surface area contributed by atoms with Gasteiger partial charge in [-0.05, 0) is 42.5 Å². The van der Waals surface area contributed by atoms with Crippen LogP contribution in [0.15, 0.2) is 66.7 Å². The number of alkyl carbamates (subject to hydrolysis) is 1. The summed E-state index contributed by atoms with van der Waals surface area (Å²) in [5, 5.41) is 15.7. The van der Waals surface area contributed by atoms with Crippen LogP contribution >= 0.6 is 0 Å². The smallest absolute Gasteiger partial charge is 0.407 e. The highest BCUT2D eigenvalue weighted by atomic mass is 16.6. The quantitative estimate of drug-likeness (QED) is 0.367. The van der Waals surface area contributed by atoms with E-state index in [1.165, 1.54) is 11.1 Å². The molecule has 1 atom stereocenters. The summed E-state index contributed by atoms with van der Waals surface area (Å²) in [6.45, 7) is 2.07. The lowest BCUT2D eigenvalue weighted by Gasteiger charge is -2.16. The normalized spacial score (nSPS) is 13.4. The minimum atomic E-state index is -1.08. The van der Waals surface area contributed by atoms with Gasteiger partial charge in [0.15, 0.2) is 0 Å². The molecule has 0 spiro atoms. The monoisotopic (exact) mass is 505 g/mol. The molecule has 0 bridgehead atoms. The summed E-state index contributed by atoms with van der Waals surface area (Å²) in [6.07, 6.45) is -0.184. The lowest BCUT2D eigenvalue weighted by atomic mass is 10.1. The maximum Gasteiger partial charge on any atom is 0.407 e. The van der Waals surface area contributed by atoms with Gasteiger partial charge in [0, 0.05) is 18.7 Å². The Kier molecular flexibility index (Phi) is 8.93. The van der Waals surface area contributed by atoms with Crippen LogP contribution in [0.1, 0.15) is 34.0 Å². The number of pyridine rings is 1. The summed E-state index contributed by atoms with van der Waals surface area (Å²) >= 11 is 0. The van der Waals surface area contributed by atoms with E-state index in [1.54, 1.807) is 19.1 Å². The van der Waals surface area contributed by atoms with Crippen LogP contribution in [0.4, 0.5) is 4.79 Å². The van der Waals surface area contributed by atoms with Gasteiger partial charge in [0.2, 0.25) is 11.8 Å². The molecular weight excluding hydrogens is 474 g/mol. The van der Waals surface area contributed by atoms with E-state index in [0.29, 0.717) is 19.1 Å². The number of aromatic nitrogens is 1. The number of rotatable bonds is 11. The molecular formula is C28H31N3O6. The van der Waals surface area contributed by atoms with E-state index in [2.05, 4.69) is 15.6 Å². The van der Waals surface area contributed by atoms with Crippen molar-refractivity contribution in [3.05, 3.63) is 89.0 Å². The van der Waals surface area contributed by atoms with Crippen molar-refractivity contribution < 1.29 is 28.9 Å². The van der Waals surface area contributed by atoms with E-state index in [1.807, 2.05) is 54.6 Å². The van der Waals surface area contributed by atoms with Crippen molar-refractivity contribution in [3.8, 4) is 11.8 Å². The molecule has 9 heteroatoms. The number of amides is 2. The maximum atomic E-state index is 12.7. The molecule has 0 saturated carbocycles. The Hall–Kier alpha value is -4.11. The second-order valence-corrected chi connectivity index (χ2v) is 8.69. The number of fused-ring (bicyclic) bond motifs is 1. The van der Waals surface area contributed by atoms with Crippen molar-refractivity contribution in [1.29, 1.82) is 0 Å². The molecule has 0 aliphatic heterocycles. The molecule has 1 heterocycles. The molecule has 1 aliphatic rings. The molecule has 37 heavy (non-hydrogen) atoms. The third-order valence-electron chi connectivity index (χ3n) is 5.87. The highest BCUT2D eigenvalue weighted by Gasteiger charge is 2.23. The number of aliphatic hydroxyl groups is 1. The first-order valence-corrected chi connectivity index (χ1v) is 12.3. The molecule has 3 N–H and O–H groups in total. The van der Waals surface area contributed by atoms with Crippen LogP contribution in [0.3, 0.4) is 0 Å². The summed E-state index contributed by atoms with van der Waals surface area (Å²) in [4.78, 5) is 29.2. The maximum absolute atomic E-state index is 12.7. The van der Waals surface area contributed by atoms with Crippen LogP contribution < -0.4 is 20.1 Å². The lowest BCUT2D eigenvalue weighted by Crippen LogP contribution is -2.39. The minimum absolute atomic E-state index is 0.0362. The summed E-state index contributed by atoms with van der Waals surface area (Å²) in [5.74, 6) is -0.0142. The Morgan fingerprint density at radius 1 is 1.00 bits per heavy atom. The molecule has 9 nitrogen and oxygen atoms in total. The zero-order valence-corrected chi connectivity index (χ0v) is 20.7. The first-order valence-electron chi connectivity index (χ1n) is 12.3. The van der Waals surface area contributed by atoms with Crippen LogP contribution in [0, 0.1) is 0 Å². The molecule has 0 fully saturated rings. The van der Waals surface area contributed by atoms with Gasteiger partial charge in [0.1, 0.15) is 24.9 Å². The van der Waals surface area contributed by atoms with Crippen LogP contribution in [0.2, 0.25) is 0 Å². The summed E-state index contributed by atoms with van der Waals surface area (Å²) in [6, 6.07) is 20.8. The molecule has 0 radical (unpaired) electrons. The van der Waals surface area contributed by atoms with Gasteiger partial charge in [-0.1, -0.05) is 54.6 Å². The fraction of sp³-hybridized carbons (Fsp3) is 0.321. The van der Waals surface area contributed by atoms with Crippen molar-refractivity contribution in [2.45, 2.75) is 38.5 Å². The van der Waals surface area contributed by atoms with E-state index in [-0.39, 0.29) is 30.6 Å². The third kappa shape index (κ3) is 7.44. The van der Waals surface area contributed by atoms with Crippen molar-refractivity contribution in [1.82, 2.24) is 15.6 Å². The van der Waals surface area contributed by atoms with Gasteiger partial charge in [-0.2, -0.15) is 4.98 Å². The Balaban J connectivity index is 1.22. The molecule has 0 saturated heterocycles. The fourth-order valence-electron chi connectivity index (χ4n) is 4.06. The zero-order chi connectivity index (χ0) is 26.0. The number of ether oxygens (including phenoxy) is 3. The first kappa shape index (κ1) is 26.0. The molecule has 1 aliphatic carbocycles. The average molecular weight is 506 g/mol. The molecule has 194 valence electrons. The van der Waals surface area contributed by atoms with E-state index >= 15 is 0 Å². The Labute approximate surface area is 215 Å². The predicted octanol–water partition coefficient (Wildman–Crippen LogP) is 3.04. The number of hydrogen-bond donors (Lipinski definition) is 3. The van der Waals surface area contributed by atoms with Gasteiger partial charge >= 0.3 is 6.09 Å². The topological polar surface area (TPSA) is 119 Å². The van der Waals surface area contributed by atoms with Crippen molar-refractivity contribution in [3.63, 3.8) is 0 Å². The molecule has 4 rings (SSSR count). The SMILES string of the molecule is CCOc1nc(OCc2ccccc2)ccc1C(=O)NCC(O)COC(=O)NC1Cc2ccccc2C1. The second-order valence-electron chi connectivity index (χ2n) is 8.69. The number of hydrogen-bond acceptors (Lipinski definition) is 7. The molecule has 2 amide bonds. The van der Waals surface area contributed by atoms with E-state index in [0.717, 1.165) is 18.4 Å². The van der Waals surface area contributed by atoms with Crippen LogP contribution in [0.5, 0.6) is 11.8 Å². The average Bonchev–Trinajstić information content (AvgIpc) is 3.32. The Bertz CT molecular complexity index is 1180. The van der Waals surface area contributed by atoms with Crippen LogP contribution in [0.25, 0.3) is 0 Å². The first-order chi connectivity index (χ1) is 18.0. The van der Waals surface area contributed by atoms with Gasteiger partial charge in [0.05, 0.1) is 6.61 Å². The van der Waals surface area contributed by atoms with Gasteiger partial charge in [-0.3, -0.25) is 4.79 Å². The largest absolute Gasteiger partial charge is 0.477 e. The fourth-order valence-corrected chi connectivity index (χ4v) is 4.06. The van der Waals surface area contributed by atoms with E-state index in [9.17, 15) is 14.7 Å². The van der Waals surface area contributed by atoms with Gasteiger partial charge < -0.3 is 30.0 Å². The molecule has 3 aromatic rings. The van der Waals surface area contributed by atoms with Crippen LogP contribution in [-0.2, 0) is 24.2 Å². The lowest BCUT2D eigenvalue weighted by molar-refractivity contribution is 0.0635. The number of nitrogens with zero attached hydrogens (tertiary/aromatic N) is 1. The highest BCUT2D eigenvalue weighted by Crippen LogP contribution is 2.22. The standard InChI is InChI=1S/C28H31N3O6/c1-2-35-27-24(12-13-25(31-27)36-17-19-8-4-3-5-9-19)26(33)29-16-23(32)18-37-28(34)30-22-14-20-10-6-7-11-21(20)15-22/h3-13,22-23,32H,2,14-18H2,1H3,(H,29,33)(H,30,34). The number of nitrogens with one attached hydrogen (secondary N) is 2. The number of aliphatic hydroxyl groups excluding tert-OH is 1. The predicted molar refractivity (Wildman–Crippen MR) is 137 cm³/mol. The van der Waals surface area contributed by atoms with E-state index in [4.69, 9.17) is 14.2 Å². The Morgan fingerprint density at radius 3 is 2.41 bits per heavy atom. The van der Waals surface area contributed by atoms with Crippen molar-refractivity contribution in [2.24, 2.45) is 0 Å². The van der Waals surface area contributed by atoms with Crippen LogP contribution in [-0.4, -0.2) is 54.0 Å². The van der Waals surface area contributed by atoms with Crippen molar-refractivity contribution in [2.75, 3.05) is 19.8 Å². The minimum Gasteiger partial charge on any atom is -0.477 e. The highest BCUT2D eigenvalue weighted by molar-refractivity contribution is 5.96. The number of carbonyl (C=O) groups is 2. The molecule has 1 unspecified atom stereocenters. The number of carbonyl (C=O) groups excluding carboxylic acids is 2.